The van der Waals surface area contributed by atoms with Gasteiger partial charge in [0.2, 0.25) is 0 Å². The van der Waals surface area contributed by atoms with E-state index in [0.717, 1.165) is 0 Å². The minimum Gasteiger partial charge on any atom is -0.229 e. The average Bonchev–Trinajstić information content (AvgIpc) is 2.54. The van der Waals surface area contributed by atoms with Gasteiger partial charge in [0.05, 0.1) is 36.5 Å². The van der Waals surface area contributed by atoms with Crippen LogP contribution >= 0.6 is 7.26 Å². The molecule has 0 atom stereocenters. The Balaban J connectivity index is 2.40. The van der Waals surface area contributed by atoms with Gasteiger partial charge >= 0.3 is 0 Å². The molecule has 0 N–H and O–H groups in total. The maximum atomic E-state index is 11.9. The number of hydrogen-bond donors (Lipinski definition) is 0. The van der Waals surface area contributed by atoms with Crippen molar-refractivity contribution < 1.29 is 8.42 Å². The van der Waals surface area contributed by atoms with Crippen molar-refractivity contribution in [3.8, 4) is 0 Å². The highest BCUT2D eigenvalue weighted by Gasteiger charge is 2.38. The summed E-state index contributed by atoms with van der Waals surface area (Å²) in [6.07, 6.45) is 0.706. The quantitative estimate of drug-likeness (QED) is 0.767. The predicted octanol–water partition coefficient (Wildman–Crippen LogP) is 2.72. The normalized spacial score (nSPS) is 12.3. The third-order valence-electron chi connectivity index (χ3n) is 3.94. The molecular formula is C17H22O2PS+. The van der Waals surface area contributed by atoms with Crippen LogP contribution in [0.2, 0.25) is 0 Å². The van der Waals surface area contributed by atoms with Gasteiger partial charge < -0.3 is 0 Å². The summed E-state index contributed by atoms with van der Waals surface area (Å²) < 4.78 is 23.9. The molecule has 0 saturated carbocycles. The van der Waals surface area contributed by atoms with E-state index in [1.807, 2.05) is 36.4 Å². The molecular weight excluding hydrogens is 299 g/mol. The summed E-state index contributed by atoms with van der Waals surface area (Å²) in [7, 11) is -4.60. The zero-order valence-corrected chi connectivity index (χ0v) is 14.3. The third kappa shape index (κ3) is 3.93. The fraction of sp³-hybridized carbons (Fsp3) is 0.294. The molecule has 0 spiro atoms. The van der Waals surface area contributed by atoms with Gasteiger partial charge in [-0.25, -0.2) is 8.42 Å². The van der Waals surface area contributed by atoms with Gasteiger partial charge in [-0.1, -0.05) is 43.3 Å². The zero-order valence-electron chi connectivity index (χ0n) is 12.6. The van der Waals surface area contributed by atoms with Crippen LogP contribution in [0.5, 0.6) is 0 Å². The Kier molecular flexibility index (Phi) is 5.18. The summed E-state index contributed by atoms with van der Waals surface area (Å²) in [5, 5.41) is 2.53. The van der Waals surface area contributed by atoms with Gasteiger partial charge in [0.1, 0.15) is 0 Å². The Morgan fingerprint density at radius 3 is 1.67 bits per heavy atom. The first-order chi connectivity index (χ1) is 9.98. The number of hydrogen-bond acceptors (Lipinski definition) is 2. The Morgan fingerprint density at radius 2 is 1.29 bits per heavy atom. The molecule has 0 aliphatic carbocycles. The lowest BCUT2D eigenvalue weighted by atomic mass is 10.4. The second-order valence-electron chi connectivity index (χ2n) is 5.32. The van der Waals surface area contributed by atoms with Crippen LogP contribution in [0.25, 0.3) is 0 Å². The molecule has 2 aromatic carbocycles. The first-order valence-electron chi connectivity index (χ1n) is 7.15. The maximum Gasteiger partial charge on any atom is 0.153 e. The van der Waals surface area contributed by atoms with Gasteiger partial charge in [-0.15, -0.1) is 0 Å². The van der Waals surface area contributed by atoms with Crippen molar-refractivity contribution in [2.24, 2.45) is 0 Å². The fourth-order valence-electron chi connectivity index (χ4n) is 2.39. The van der Waals surface area contributed by atoms with E-state index in [9.17, 15) is 8.42 Å². The van der Waals surface area contributed by atoms with E-state index in [1.165, 1.54) is 10.6 Å². The average molecular weight is 321 g/mol. The fourth-order valence-corrected chi connectivity index (χ4v) is 7.72. The Morgan fingerprint density at radius 1 is 0.857 bits per heavy atom. The number of benzene rings is 2. The van der Waals surface area contributed by atoms with Crippen molar-refractivity contribution in [3.05, 3.63) is 60.7 Å². The Hall–Kier alpha value is -1.18. The van der Waals surface area contributed by atoms with Crippen LogP contribution in [0.4, 0.5) is 0 Å². The van der Waals surface area contributed by atoms with Crippen molar-refractivity contribution >= 4 is 27.7 Å². The van der Waals surface area contributed by atoms with E-state index in [-0.39, 0.29) is 11.5 Å². The van der Waals surface area contributed by atoms with Crippen LogP contribution in [-0.4, -0.2) is 32.8 Å². The molecule has 4 heteroatoms. The second-order valence-corrected chi connectivity index (χ2v) is 11.7. The number of rotatable bonds is 6. The van der Waals surface area contributed by atoms with E-state index in [4.69, 9.17) is 0 Å². The molecule has 21 heavy (non-hydrogen) atoms. The van der Waals surface area contributed by atoms with E-state index in [0.29, 0.717) is 6.16 Å². The summed E-state index contributed by atoms with van der Waals surface area (Å²) >= 11 is 0. The van der Waals surface area contributed by atoms with Gasteiger partial charge in [-0.05, 0) is 24.3 Å². The smallest absolute Gasteiger partial charge is 0.153 e. The molecule has 0 bridgehead atoms. The lowest BCUT2D eigenvalue weighted by molar-refractivity contribution is 0.598. The summed E-state index contributed by atoms with van der Waals surface area (Å²) in [5.74, 6) is 0.480. The van der Waals surface area contributed by atoms with Crippen molar-refractivity contribution in [2.75, 3.05) is 24.3 Å². The van der Waals surface area contributed by atoms with Crippen molar-refractivity contribution in [1.82, 2.24) is 0 Å². The molecule has 0 heterocycles. The van der Waals surface area contributed by atoms with Crippen molar-refractivity contribution in [3.63, 3.8) is 0 Å². The molecule has 0 amide bonds. The first kappa shape index (κ1) is 16.2. The minimum absolute atomic E-state index is 0.219. The molecule has 0 radical (unpaired) electrons. The largest absolute Gasteiger partial charge is 0.229 e. The number of sulfone groups is 1. The van der Waals surface area contributed by atoms with Gasteiger partial charge in [0, 0.05) is 5.75 Å². The van der Waals surface area contributed by atoms with Gasteiger partial charge in [0.25, 0.3) is 0 Å². The standard InChI is InChI=1S/C17H22O2PS/c1-3-21(18,19)15-14-20(2,16-10-6-4-7-11-16)17-12-8-5-9-13-17/h4-13H,3,14-15H2,1-2H3/q+1. The summed E-state index contributed by atoms with van der Waals surface area (Å²) in [4.78, 5) is 0. The van der Waals surface area contributed by atoms with Crippen molar-refractivity contribution in [1.29, 1.82) is 0 Å². The van der Waals surface area contributed by atoms with E-state index in [2.05, 4.69) is 30.9 Å². The minimum atomic E-state index is -2.94. The molecule has 0 aliphatic heterocycles. The molecule has 2 nitrogen and oxygen atoms in total. The maximum absolute atomic E-state index is 11.9. The molecule has 0 saturated heterocycles. The van der Waals surface area contributed by atoms with Crippen LogP contribution in [0.1, 0.15) is 6.92 Å². The first-order valence-corrected chi connectivity index (χ1v) is 11.4. The molecule has 112 valence electrons. The summed E-state index contributed by atoms with van der Waals surface area (Å²) in [6.45, 7) is 3.96. The molecule has 0 aliphatic rings. The van der Waals surface area contributed by atoms with Gasteiger partial charge in [-0.2, -0.15) is 0 Å². The van der Waals surface area contributed by atoms with Crippen LogP contribution in [-0.2, 0) is 9.84 Å². The predicted molar refractivity (Wildman–Crippen MR) is 94.2 cm³/mol. The van der Waals surface area contributed by atoms with Crippen LogP contribution in [0, 0.1) is 0 Å². The highest BCUT2D eigenvalue weighted by atomic mass is 32.2. The topological polar surface area (TPSA) is 34.1 Å². The zero-order chi connectivity index (χ0) is 15.3. The van der Waals surface area contributed by atoms with E-state index >= 15 is 0 Å². The lowest BCUT2D eigenvalue weighted by Gasteiger charge is -2.23. The lowest BCUT2D eigenvalue weighted by Crippen LogP contribution is -2.27. The Bertz CT molecular complexity index is 627. The van der Waals surface area contributed by atoms with Gasteiger partial charge in [-0.3, -0.25) is 0 Å². The monoisotopic (exact) mass is 321 g/mol. The van der Waals surface area contributed by atoms with E-state index < -0.39 is 17.1 Å². The highest BCUT2D eigenvalue weighted by molar-refractivity contribution is 7.93. The molecule has 0 fully saturated rings. The van der Waals surface area contributed by atoms with Crippen LogP contribution in [0.15, 0.2) is 60.7 Å². The summed E-state index contributed by atoms with van der Waals surface area (Å²) in [5.41, 5.74) is 0. The third-order valence-corrected chi connectivity index (χ3v) is 9.94. The second kappa shape index (κ2) is 6.72. The SMILES string of the molecule is CCS(=O)(=O)CC[P+](C)(c1ccccc1)c1ccccc1. The van der Waals surface area contributed by atoms with Crippen LogP contribution < -0.4 is 10.6 Å². The molecule has 0 unspecified atom stereocenters. The molecule has 2 rings (SSSR count). The Labute approximate surface area is 128 Å². The van der Waals surface area contributed by atoms with Gasteiger partial charge in [0.15, 0.2) is 9.84 Å². The molecule has 2 aromatic rings. The van der Waals surface area contributed by atoms with E-state index in [1.54, 1.807) is 6.92 Å². The van der Waals surface area contributed by atoms with Crippen molar-refractivity contribution in [2.45, 2.75) is 6.92 Å². The summed E-state index contributed by atoms with van der Waals surface area (Å²) in [6, 6.07) is 20.6. The molecule has 0 aromatic heterocycles. The van der Waals surface area contributed by atoms with Crippen LogP contribution in [0.3, 0.4) is 0 Å². The highest BCUT2D eigenvalue weighted by Crippen LogP contribution is 2.52.